The van der Waals surface area contributed by atoms with Crippen molar-refractivity contribution in [2.45, 2.75) is 39.5 Å². The van der Waals surface area contributed by atoms with E-state index in [2.05, 4.69) is 20.4 Å². The molecule has 1 aliphatic heterocycles. The van der Waals surface area contributed by atoms with Gasteiger partial charge in [-0.1, -0.05) is 17.7 Å². The van der Waals surface area contributed by atoms with Gasteiger partial charge in [0.25, 0.3) is 5.91 Å². The molecule has 0 unspecified atom stereocenters. The van der Waals surface area contributed by atoms with Crippen molar-refractivity contribution < 1.29 is 9.18 Å². The van der Waals surface area contributed by atoms with Crippen molar-refractivity contribution in [2.75, 3.05) is 6.54 Å². The van der Waals surface area contributed by atoms with Crippen LogP contribution in [0.4, 0.5) is 4.39 Å². The summed E-state index contributed by atoms with van der Waals surface area (Å²) in [5.41, 5.74) is 0.850. The summed E-state index contributed by atoms with van der Waals surface area (Å²) in [7, 11) is 0. The second-order valence-electron chi connectivity index (χ2n) is 6.18. The summed E-state index contributed by atoms with van der Waals surface area (Å²) in [6.07, 6.45) is 0. The van der Waals surface area contributed by atoms with Crippen LogP contribution in [0, 0.1) is 5.82 Å². The Kier molecular flexibility index (Phi) is 4.82. The first-order valence-electron chi connectivity index (χ1n) is 7.83. The Hall–Kier alpha value is -1.99. The third kappa shape index (κ3) is 3.57. The van der Waals surface area contributed by atoms with Gasteiger partial charge in [-0.2, -0.15) is 0 Å². The number of fused-ring (bicyclic) bond motifs is 1. The number of amides is 1. The summed E-state index contributed by atoms with van der Waals surface area (Å²) < 4.78 is 15.4. The Morgan fingerprint density at radius 3 is 2.88 bits per heavy atom. The third-order valence-corrected chi connectivity index (χ3v) is 4.15. The molecule has 2 aromatic rings. The van der Waals surface area contributed by atoms with E-state index in [4.69, 9.17) is 11.6 Å². The van der Waals surface area contributed by atoms with Gasteiger partial charge >= 0.3 is 0 Å². The van der Waals surface area contributed by atoms with Crippen LogP contribution in [0.1, 0.15) is 35.9 Å². The Morgan fingerprint density at radius 2 is 2.17 bits per heavy atom. The highest BCUT2D eigenvalue weighted by Gasteiger charge is 2.24. The van der Waals surface area contributed by atoms with Crippen molar-refractivity contribution in [1.29, 1.82) is 0 Å². The summed E-state index contributed by atoms with van der Waals surface area (Å²) in [5.74, 6) is 0.458. The van der Waals surface area contributed by atoms with Crippen molar-refractivity contribution in [2.24, 2.45) is 0 Å². The van der Waals surface area contributed by atoms with Crippen molar-refractivity contribution >= 4 is 17.5 Å². The van der Waals surface area contributed by atoms with Crippen LogP contribution in [-0.4, -0.2) is 38.2 Å². The van der Waals surface area contributed by atoms with Crippen molar-refractivity contribution in [3.8, 4) is 0 Å². The average molecular weight is 352 g/mol. The van der Waals surface area contributed by atoms with E-state index in [0.29, 0.717) is 25.5 Å². The second kappa shape index (κ2) is 6.86. The van der Waals surface area contributed by atoms with E-state index in [9.17, 15) is 9.18 Å². The highest BCUT2D eigenvalue weighted by Crippen LogP contribution is 2.19. The van der Waals surface area contributed by atoms with E-state index in [0.717, 1.165) is 17.9 Å². The van der Waals surface area contributed by atoms with Gasteiger partial charge < -0.3 is 9.88 Å². The molecular formula is C16H19ClFN5O. The highest BCUT2D eigenvalue weighted by atomic mass is 35.5. The lowest BCUT2D eigenvalue weighted by Crippen LogP contribution is -2.37. The topological polar surface area (TPSA) is 63.1 Å². The van der Waals surface area contributed by atoms with Crippen LogP contribution >= 0.6 is 11.6 Å². The summed E-state index contributed by atoms with van der Waals surface area (Å²) in [6, 6.07) is 4.87. The molecular weight excluding hydrogens is 333 g/mol. The minimum absolute atomic E-state index is 0.0466. The molecule has 128 valence electrons. The Balaban J connectivity index is 1.70. The molecule has 0 saturated carbocycles. The zero-order chi connectivity index (χ0) is 17.3. The molecule has 0 atom stereocenters. The zero-order valence-corrected chi connectivity index (χ0v) is 14.3. The van der Waals surface area contributed by atoms with E-state index in [1.54, 1.807) is 6.07 Å². The maximum atomic E-state index is 13.5. The van der Waals surface area contributed by atoms with Gasteiger partial charge in [-0.15, -0.1) is 10.2 Å². The molecule has 6 nitrogen and oxygen atoms in total. The van der Waals surface area contributed by atoms with Crippen LogP contribution in [0.2, 0.25) is 5.02 Å². The molecule has 0 fully saturated rings. The predicted molar refractivity (Wildman–Crippen MR) is 88.1 cm³/mol. The lowest BCUT2D eigenvalue weighted by molar-refractivity contribution is 0.0923. The number of benzene rings is 1. The molecule has 0 bridgehead atoms. The van der Waals surface area contributed by atoms with E-state index >= 15 is 0 Å². The van der Waals surface area contributed by atoms with E-state index < -0.39 is 5.82 Å². The van der Waals surface area contributed by atoms with Crippen LogP contribution in [0.15, 0.2) is 18.2 Å². The molecule has 1 aromatic carbocycles. The molecule has 0 spiro atoms. The number of halogens is 2. The smallest absolute Gasteiger partial charge is 0.289 e. The fourth-order valence-corrected chi connectivity index (χ4v) is 2.85. The monoisotopic (exact) mass is 351 g/mol. The van der Waals surface area contributed by atoms with Gasteiger partial charge in [0.15, 0.2) is 0 Å². The molecule has 8 heteroatoms. The normalized spacial score (nSPS) is 14.7. The largest absolute Gasteiger partial charge is 0.347 e. The van der Waals surface area contributed by atoms with Gasteiger partial charge in [-0.05, 0) is 31.5 Å². The van der Waals surface area contributed by atoms with Gasteiger partial charge in [0.1, 0.15) is 11.6 Å². The number of nitrogens with one attached hydrogen (secondary N) is 1. The van der Waals surface area contributed by atoms with Crippen LogP contribution in [-0.2, 0) is 19.6 Å². The number of carbonyl (C=O) groups is 1. The van der Waals surface area contributed by atoms with Gasteiger partial charge in [0.2, 0.25) is 5.82 Å². The van der Waals surface area contributed by atoms with Crippen molar-refractivity contribution in [3.05, 3.63) is 46.3 Å². The van der Waals surface area contributed by atoms with Gasteiger partial charge in [0, 0.05) is 25.7 Å². The maximum absolute atomic E-state index is 13.5. The van der Waals surface area contributed by atoms with Crippen LogP contribution in [0.25, 0.3) is 0 Å². The van der Waals surface area contributed by atoms with Gasteiger partial charge in [-0.25, -0.2) is 4.39 Å². The fourth-order valence-electron chi connectivity index (χ4n) is 2.73. The summed E-state index contributed by atoms with van der Waals surface area (Å²) in [6.45, 7) is 6.31. The average Bonchev–Trinajstić information content (AvgIpc) is 2.93. The van der Waals surface area contributed by atoms with Crippen molar-refractivity contribution in [3.63, 3.8) is 0 Å². The quantitative estimate of drug-likeness (QED) is 0.917. The van der Waals surface area contributed by atoms with Crippen LogP contribution in [0.5, 0.6) is 0 Å². The summed E-state index contributed by atoms with van der Waals surface area (Å²) in [5, 5.41) is 11.1. The lowest BCUT2D eigenvalue weighted by Gasteiger charge is -2.27. The van der Waals surface area contributed by atoms with Crippen molar-refractivity contribution in [1.82, 2.24) is 25.0 Å². The molecule has 0 radical (unpaired) electrons. The number of nitrogens with zero attached hydrogens (tertiary/aromatic N) is 4. The maximum Gasteiger partial charge on any atom is 0.289 e. The minimum atomic E-state index is -0.415. The first-order chi connectivity index (χ1) is 11.4. The molecule has 1 aromatic heterocycles. The molecule has 1 aliphatic rings. The van der Waals surface area contributed by atoms with Crippen LogP contribution < -0.4 is 5.32 Å². The van der Waals surface area contributed by atoms with E-state index in [1.807, 2.05) is 24.5 Å². The van der Waals surface area contributed by atoms with Gasteiger partial charge in [-0.3, -0.25) is 9.69 Å². The number of rotatable bonds is 4. The molecule has 1 amide bonds. The fraction of sp³-hybridized carbons (Fsp3) is 0.438. The van der Waals surface area contributed by atoms with E-state index in [-0.39, 0.29) is 17.0 Å². The van der Waals surface area contributed by atoms with Gasteiger partial charge in [0.05, 0.1) is 11.6 Å². The highest BCUT2D eigenvalue weighted by molar-refractivity contribution is 6.30. The Labute approximate surface area is 144 Å². The molecule has 1 N–H and O–H groups in total. The molecule has 0 aliphatic carbocycles. The standard InChI is InChI=1S/C16H19ClFN5O/c1-10(2)19-16(24)15-21-20-14-9-22(5-6-23(14)15)8-11-3-4-12(17)13(18)7-11/h3-4,7,10H,5-6,8-9H2,1-2H3,(H,19,24). The minimum Gasteiger partial charge on any atom is -0.347 e. The number of carbonyl (C=O) groups excluding carboxylic acids is 1. The second-order valence-corrected chi connectivity index (χ2v) is 6.59. The molecule has 3 rings (SSSR count). The summed E-state index contributed by atoms with van der Waals surface area (Å²) >= 11 is 5.71. The first kappa shape index (κ1) is 16.9. The Morgan fingerprint density at radius 1 is 1.38 bits per heavy atom. The number of aromatic nitrogens is 3. The Bertz CT molecular complexity index is 761. The number of hydrogen-bond donors (Lipinski definition) is 1. The summed E-state index contributed by atoms with van der Waals surface area (Å²) in [4.78, 5) is 14.3. The van der Waals surface area contributed by atoms with Crippen LogP contribution in [0.3, 0.4) is 0 Å². The number of hydrogen-bond acceptors (Lipinski definition) is 4. The van der Waals surface area contributed by atoms with E-state index in [1.165, 1.54) is 6.07 Å². The molecule has 24 heavy (non-hydrogen) atoms. The third-order valence-electron chi connectivity index (χ3n) is 3.85. The zero-order valence-electron chi connectivity index (χ0n) is 13.6. The lowest BCUT2D eigenvalue weighted by atomic mass is 10.2. The SMILES string of the molecule is CC(C)NC(=O)c1nnc2n1CCN(Cc1ccc(Cl)c(F)c1)C2. The molecule has 0 saturated heterocycles. The predicted octanol–water partition coefficient (Wildman–Crippen LogP) is 2.22. The molecule has 2 heterocycles. The first-order valence-corrected chi connectivity index (χ1v) is 8.21.